The number of nitrogens with two attached hydrogens (primary N) is 1. The van der Waals surface area contributed by atoms with Gasteiger partial charge in [0, 0.05) is 25.1 Å². The monoisotopic (exact) mass is 406 g/mol. The number of anilines is 2. The normalized spacial score (nSPS) is 24.0. The second kappa shape index (κ2) is 7.09. The summed E-state index contributed by atoms with van der Waals surface area (Å²) in [6, 6.07) is 3.96. The lowest BCUT2D eigenvalue weighted by molar-refractivity contribution is -0.151. The number of aromatic nitrogens is 2. The Labute approximate surface area is 166 Å². The number of carbonyl (C=O) groups excluding carboxylic acids is 2. The van der Waals surface area contributed by atoms with Crippen molar-refractivity contribution in [2.75, 3.05) is 17.7 Å². The minimum absolute atomic E-state index is 0.0190. The molecular formula is C19H20ClFN4O3. The molecule has 1 aliphatic carbocycles. The molecule has 2 aromatic rings. The van der Waals surface area contributed by atoms with Gasteiger partial charge in [-0.1, -0.05) is 11.6 Å². The fraction of sp³-hybridized carbons (Fsp3) is 0.421. The number of fused-ring (bicyclic) bond motifs is 1. The Balaban J connectivity index is 1.60. The topological polar surface area (TPSA) is 99.2 Å². The Hall–Kier alpha value is -2.61. The highest BCUT2D eigenvalue weighted by Gasteiger charge is 2.42. The van der Waals surface area contributed by atoms with Crippen LogP contribution in [0.25, 0.3) is 0 Å². The van der Waals surface area contributed by atoms with Crippen LogP contribution in [0.5, 0.6) is 0 Å². The molecule has 28 heavy (non-hydrogen) atoms. The number of aryl methyl sites for hydroxylation is 1. The van der Waals surface area contributed by atoms with Gasteiger partial charge in [0.2, 0.25) is 0 Å². The molecule has 1 aliphatic heterocycles. The number of carbonyl (C=O) groups is 2. The molecule has 1 amide bonds. The van der Waals surface area contributed by atoms with Crippen molar-refractivity contribution < 1.29 is 18.7 Å². The number of halogens is 2. The van der Waals surface area contributed by atoms with Gasteiger partial charge in [-0.25, -0.2) is 4.39 Å². The quantitative estimate of drug-likeness (QED) is 0.763. The molecule has 1 saturated carbocycles. The van der Waals surface area contributed by atoms with Crippen LogP contribution in [0.4, 0.5) is 15.9 Å². The molecule has 1 unspecified atom stereocenters. The molecule has 2 fully saturated rings. The Morgan fingerprint density at radius 3 is 2.89 bits per heavy atom. The number of hydrogen-bond donors (Lipinski definition) is 2. The van der Waals surface area contributed by atoms with Crippen LogP contribution in [0, 0.1) is 17.7 Å². The van der Waals surface area contributed by atoms with E-state index in [1.54, 1.807) is 7.05 Å². The van der Waals surface area contributed by atoms with E-state index in [1.807, 2.05) is 0 Å². The number of nitrogen functional groups attached to an aromatic ring is 1. The summed E-state index contributed by atoms with van der Waals surface area (Å²) in [4.78, 5) is 24.5. The summed E-state index contributed by atoms with van der Waals surface area (Å²) in [6.07, 6.45) is 1.95. The predicted molar refractivity (Wildman–Crippen MR) is 102 cm³/mol. The van der Waals surface area contributed by atoms with Gasteiger partial charge >= 0.3 is 5.97 Å². The van der Waals surface area contributed by atoms with Crippen molar-refractivity contribution in [2.45, 2.75) is 25.2 Å². The minimum Gasteiger partial charge on any atom is -0.465 e. The fourth-order valence-corrected chi connectivity index (χ4v) is 4.39. The highest BCUT2D eigenvalue weighted by molar-refractivity contribution is 6.31. The van der Waals surface area contributed by atoms with Gasteiger partial charge in [-0.3, -0.25) is 14.3 Å². The summed E-state index contributed by atoms with van der Waals surface area (Å²) in [5.74, 6) is -0.377. The Bertz CT molecular complexity index is 961. The summed E-state index contributed by atoms with van der Waals surface area (Å²) in [7, 11) is 1.68. The maximum absolute atomic E-state index is 13.4. The van der Waals surface area contributed by atoms with Crippen LogP contribution in [0.1, 0.15) is 41.2 Å². The van der Waals surface area contributed by atoms with Crippen molar-refractivity contribution in [2.24, 2.45) is 18.9 Å². The van der Waals surface area contributed by atoms with Crippen LogP contribution < -0.4 is 11.1 Å². The Morgan fingerprint density at radius 2 is 2.14 bits per heavy atom. The van der Waals surface area contributed by atoms with Gasteiger partial charge in [-0.05, 0) is 42.9 Å². The summed E-state index contributed by atoms with van der Waals surface area (Å²) in [5, 5.41) is 7.11. The van der Waals surface area contributed by atoms with Crippen molar-refractivity contribution in [3.05, 3.63) is 40.3 Å². The summed E-state index contributed by atoms with van der Waals surface area (Å²) < 4.78 is 20.0. The third-order valence-corrected chi connectivity index (χ3v) is 5.93. The maximum Gasteiger partial charge on any atom is 0.306 e. The third kappa shape index (κ3) is 3.32. The average Bonchev–Trinajstić information content (AvgIpc) is 3.19. The standard InChI is InChI=1S/C19H20ClFN4O3/c1-25-18(22)16(19(27)23-12-2-3-14(21)13(20)7-12)17(24-25)10-4-9-6-15(26)28-8-11(9)5-10/h2-3,7,9-11H,4-6,8,22H2,1H3,(H,23,27)/t9-,10-,11?/m1/s1. The second-order valence-electron chi connectivity index (χ2n) is 7.43. The van der Waals surface area contributed by atoms with E-state index in [-0.39, 0.29) is 34.6 Å². The van der Waals surface area contributed by atoms with Crippen LogP contribution >= 0.6 is 11.6 Å². The zero-order valence-electron chi connectivity index (χ0n) is 15.2. The van der Waals surface area contributed by atoms with E-state index in [0.717, 1.165) is 12.8 Å². The molecule has 148 valence electrons. The molecule has 9 heteroatoms. The van der Waals surface area contributed by atoms with E-state index in [1.165, 1.54) is 22.9 Å². The Kier molecular flexibility index (Phi) is 4.74. The van der Waals surface area contributed by atoms with Crippen molar-refractivity contribution in [3.63, 3.8) is 0 Å². The number of benzene rings is 1. The smallest absolute Gasteiger partial charge is 0.306 e. The van der Waals surface area contributed by atoms with Crippen LogP contribution in [-0.4, -0.2) is 28.3 Å². The van der Waals surface area contributed by atoms with E-state index in [4.69, 9.17) is 22.1 Å². The first kappa shape index (κ1) is 18.7. The molecular weight excluding hydrogens is 387 g/mol. The molecule has 1 aromatic carbocycles. The number of hydrogen-bond acceptors (Lipinski definition) is 5. The van der Waals surface area contributed by atoms with Gasteiger partial charge in [0.15, 0.2) is 0 Å². The van der Waals surface area contributed by atoms with Crippen molar-refractivity contribution in [1.82, 2.24) is 9.78 Å². The van der Waals surface area contributed by atoms with Gasteiger partial charge in [-0.2, -0.15) is 5.10 Å². The van der Waals surface area contributed by atoms with Crippen LogP contribution in [-0.2, 0) is 16.6 Å². The van der Waals surface area contributed by atoms with Gasteiger partial charge in [0.05, 0.1) is 17.3 Å². The lowest BCUT2D eigenvalue weighted by Crippen LogP contribution is -2.26. The molecule has 7 nitrogen and oxygen atoms in total. The highest BCUT2D eigenvalue weighted by Crippen LogP contribution is 2.47. The molecule has 4 rings (SSSR count). The first-order chi connectivity index (χ1) is 13.3. The van der Waals surface area contributed by atoms with Crippen LogP contribution in [0.3, 0.4) is 0 Å². The van der Waals surface area contributed by atoms with E-state index >= 15 is 0 Å². The molecule has 1 saturated heterocycles. The lowest BCUT2D eigenvalue weighted by Gasteiger charge is -2.23. The maximum atomic E-state index is 13.4. The zero-order chi connectivity index (χ0) is 20.0. The van der Waals surface area contributed by atoms with E-state index in [0.29, 0.717) is 30.0 Å². The third-order valence-electron chi connectivity index (χ3n) is 5.64. The SMILES string of the molecule is Cn1nc([C@H]2CC3COC(=O)C[C@H]3C2)c(C(=O)Nc2ccc(F)c(Cl)c2)c1N. The number of nitrogens with zero attached hydrogens (tertiary/aromatic N) is 2. The Morgan fingerprint density at radius 1 is 1.39 bits per heavy atom. The molecule has 2 aliphatic rings. The first-order valence-electron chi connectivity index (χ1n) is 9.08. The van der Waals surface area contributed by atoms with Gasteiger partial charge < -0.3 is 15.8 Å². The largest absolute Gasteiger partial charge is 0.465 e. The van der Waals surface area contributed by atoms with E-state index in [2.05, 4.69) is 10.4 Å². The van der Waals surface area contributed by atoms with Gasteiger partial charge in [0.1, 0.15) is 17.2 Å². The summed E-state index contributed by atoms with van der Waals surface area (Å²) in [5.41, 5.74) is 7.41. The number of nitrogens with one attached hydrogen (secondary N) is 1. The molecule has 3 atom stereocenters. The summed E-state index contributed by atoms with van der Waals surface area (Å²) >= 11 is 5.79. The lowest BCUT2D eigenvalue weighted by atomic mass is 9.92. The van der Waals surface area contributed by atoms with Crippen molar-refractivity contribution in [3.8, 4) is 0 Å². The predicted octanol–water partition coefficient (Wildman–Crippen LogP) is 3.10. The molecule has 0 radical (unpaired) electrons. The fourth-order valence-electron chi connectivity index (χ4n) is 4.21. The number of esters is 1. The van der Waals surface area contributed by atoms with E-state index in [9.17, 15) is 14.0 Å². The van der Waals surface area contributed by atoms with Crippen molar-refractivity contribution in [1.29, 1.82) is 0 Å². The molecule has 1 aromatic heterocycles. The number of ether oxygens (including phenoxy) is 1. The number of rotatable bonds is 3. The molecule has 2 heterocycles. The van der Waals surface area contributed by atoms with Crippen LogP contribution in [0.2, 0.25) is 5.02 Å². The van der Waals surface area contributed by atoms with Crippen LogP contribution in [0.15, 0.2) is 18.2 Å². The minimum atomic E-state index is -0.563. The summed E-state index contributed by atoms with van der Waals surface area (Å²) in [6.45, 7) is 0.415. The van der Waals surface area contributed by atoms with Crippen molar-refractivity contribution >= 4 is 35.0 Å². The molecule has 0 bridgehead atoms. The second-order valence-corrected chi connectivity index (χ2v) is 7.83. The molecule has 0 spiro atoms. The highest BCUT2D eigenvalue weighted by atomic mass is 35.5. The van der Waals surface area contributed by atoms with Gasteiger partial charge in [0.25, 0.3) is 5.91 Å². The number of cyclic esters (lactones) is 1. The zero-order valence-corrected chi connectivity index (χ0v) is 16.0. The number of amides is 1. The first-order valence-corrected chi connectivity index (χ1v) is 9.45. The van der Waals surface area contributed by atoms with E-state index < -0.39 is 11.7 Å². The molecule has 3 N–H and O–H groups in total. The van der Waals surface area contributed by atoms with Gasteiger partial charge in [-0.15, -0.1) is 0 Å². The average molecular weight is 407 g/mol.